The van der Waals surface area contributed by atoms with E-state index in [0.29, 0.717) is 22.7 Å². The third-order valence-corrected chi connectivity index (χ3v) is 3.52. The van der Waals surface area contributed by atoms with E-state index in [9.17, 15) is 9.59 Å². The fourth-order valence-electron chi connectivity index (χ4n) is 2.42. The highest BCUT2D eigenvalue weighted by Crippen LogP contribution is 2.36. The summed E-state index contributed by atoms with van der Waals surface area (Å²) in [5.41, 5.74) is 6.31. The molecule has 0 aliphatic carbocycles. The summed E-state index contributed by atoms with van der Waals surface area (Å²) in [7, 11) is 0. The van der Waals surface area contributed by atoms with Gasteiger partial charge in [-0.05, 0) is 24.3 Å². The first-order valence-corrected chi connectivity index (χ1v) is 7.20. The van der Waals surface area contributed by atoms with Crippen molar-refractivity contribution in [2.75, 3.05) is 18.2 Å². The highest BCUT2D eigenvalue weighted by Gasteiger charge is 2.26. The van der Waals surface area contributed by atoms with Crippen molar-refractivity contribution in [3.63, 3.8) is 0 Å². The molecule has 0 saturated carbocycles. The van der Waals surface area contributed by atoms with Gasteiger partial charge in [0.2, 0.25) is 12.7 Å². The number of hydrogen-bond acceptors (Lipinski definition) is 4. The Kier molecular flexibility index (Phi) is 4.14. The SMILES string of the molecule is NC(=O)CCN(C(=O)c1cccc2c1OCO2)c1ccccc1. The molecule has 0 aromatic heterocycles. The van der Waals surface area contributed by atoms with Crippen LogP contribution < -0.4 is 20.1 Å². The lowest BCUT2D eigenvalue weighted by molar-refractivity contribution is -0.117. The van der Waals surface area contributed by atoms with Gasteiger partial charge < -0.3 is 20.1 Å². The van der Waals surface area contributed by atoms with E-state index in [1.54, 1.807) is 30.3 Å². The smallest absolute Gasteiger partial charge is 0.262 e. The number of nitrogens with zero attached hydrogens (tertiary/aromatic N) is 1. The van der Waals surface area contributed by atoms with Crippen LogP contribution in [0.5, 0.6) is 11.5 Å². The van der Waals surface area contributed by atoms with Crippen molar-refractivity contribution >= 4 is 17.5 Å². The largest absolute Gasteiger partial charge is 0.454 e. The fourth-order valence-corrected chi connectivity index (χ4v) is 2.42. The summed E-state index contributed by atoms with van der Waals surface area (Å²) in [6, 6.07) is 14.3. The lowest BCUT2D eigenvalue weighted by Gasteiger charge is -2.23. The van der Waals surface area contributed by atoms with E-state index in [2.05, 4.69) is 0 Å². The Morgan fingerprint density at radius 1 is 1.04 bits per heavy atom. The number of carbonyl (C=O) groups excluding carboxylic acids is 2. The van der Waals surface area contributed by atoms with E-state index < -0.39 is 5.91 Å². The van der Waals surface area contributed by atoms with Gasteiger partial charge in [-0.25, -0.2) is 0 Å². The zero-order valence-electron chi connectivity index (χ0n) is 12.4. The average molecular weight is 312 g/mol. The van der Waals surface area contributed by atoms with Crippen molar-refractivity contribution < 1.29 is 19.1 Å². The number of fused-ring (bicyclic) bond motifs is 1. The number of carbonyl (C=O) groups is 2. The molecule has 1 aliphatic rings. The Bertz CT molecular complexity index is 731. The van der Waals surface area contributed by atoms with Gasteiger partial charge in [-0.1, -0.05) is 24.3 Å². The summed E-state index contributed by atoms with van der Waals surface area (Å²) in [5, 5.41) is 0. The maximum atomic E-state index is 13.0. The van der Waals surface area contributed by atoms with Crippen LogP contribution in [-0.2, 0) is 4.79 Å². The zero-order chi connectivity index (χ0) is 16.2. The van der Waals surface area contributed by atoms with Crippen molar-refractivity contribution in [1.29, 1.82) is 0 Å². The lowest BCUT2D eigenvalue weighted by Crippen LogP contribution is -2.34. The quantitative estimate of drug-likeness (QED) is 0.914. The molecule has 3 rings (SSSR count). The molecule has 2 amide bonds. The van der Waals surface area contributed by atoms with Gasteiger partial charge in [-0.15, -0.1) is 0 Å². The van der Waals surface area contributed by atoms with Crippen LogP contribution in [0.3, 0.4) is 0 Å². The topological polar surface area (TPSA) is 81.9 Å². The van der Waals surface area contributed by atoms with Gasteiger partial charge in [-0.2, -0.15) is 0 Å². The summed E-state index contributed by atoms with van der Waals surface area (Å²) in [4.78, 5) is 25.6. The van der Waals surface area contributed by atoms with Crippen LogP contribution in [0.4, 0.5) is 5.69 Å². The molecule has 2 N–H and O–H groups in total. The molecule has 0 saturated heterocycles. The number of anilines is 1. The molecule has 1 aliphatic heterocycles. The standard InChI is InChI=1S/C17H16N2O4/c18-15(20)9-10-19(12-5-2-1-3-6-12)17(21)13-7-4-8-14-16(13)23-11-22-14/h1-8H,9-11H2,(H2,18,20). The van der Waals surface area contributed by atoms with Gasteiger partial charge in [0.15, 0.2) is 11.5 Å². The molecule has 0 spiro atoms. The molecular weight excluding hydrogens is 296 g/mol. The Labute approximate surface area is 133 Å². The van der Waals surface area contributed by atoms with Crippen LogP contribution in [0, 0.1) is 0 Å². The van der Waals surface area contributed by atoms with Gasteiger partial charge in [0.1, 0.15) is 0 Å². The minimum Gasteiger partial charge on any atom is -0.454 e. The van der Waals surface area contributed by atoms with Crippen molar-refractivity contribution in [2.24, 2.45) is 5.73 Å². The molecule has 2 aromatic rings. The first kappa shape index (κ1) is 14.9. The third-order valence-electron chi connectivity index (χ3n) is 3.52. The lowest BCUT2D eigenvalue weighted by atomic mass is 10.1. The van der Waals surface area contributed by atoms with Crippen LogP contribution in [0.25, 0.3) is 0 Å². The number of nitrogens with two attached hydrogens (primary N) is 1. The highest BCUT2D eigenvalue weighted by atomic mass is 16.7. The van der Waals surface area contributed by atoms with Crippen molar-refractivity contribution in [3.05, 3.63) is 54.1 Å². The Balaban J connectivity index is 1.95. The first-order chi connectivity index (χ1) is 11.2. The monoisotopic (exact) mass is 312 g/mol. The van der Waals surface area contributed by atoms with E-state index in [1.165, 1.54) is 4.90 Å². The number of rotatable bonds is 5. The molecule has 2 aromatic carbocycles. The van der Waals surface area contributed by atoms with E-state index >= 15 is 0 Å². The van der Waals surface area contributed by atoms with E-state index in [1.807, 2.05) is 18.2 Å². The molecule has 0 fully saturated rings. The van der Waals surface area contributed by atoms with E-state index in [-0.39, 0.29) is 25.7 Å². The first-order valence-electron chi connectivity index (χ1n) is 7.20. The van der Waals surface area contributed by atoms with Gasteiger partial charge in [0.05, 0.1) is 5.56 Å². The van der Waals surface area contributed by atoms with E-state index in [0.717, 1.165) is 0 Å². The number of amides is 2. The molecular formula is C17H16N2O4. The molecule has 1 heterocycles. The molecule has 6 nitrogen and oxygen atoms in total. The summed E-state index contributed by atoms with van der Waals surface area (Å²) >= 11 is 0. The number of para-hydroxylation sites is 2. The third kappa shape index (κ3) is 3.11. The van der Waals surface area contributed by atoms with Gasteiger partial charge >= 0.3 is 0 Å². The molecule has 118 valence electrons. The normalized spacial score (nSPS) is 12.0. The van der Waals surface area contributed by atoms with Crippen molar-refractivity contribution in [3.8, 4) is 11.5 Å². The highest BCUT2D eigenvalue weighted by molar-refractivity contribution is 6.08. The van der Waals surface area contributed by atoms with E-state index in [4.69, 9.17) is 15.2 Å². The number of benzene rings is 2. The second-order valence-electron chi connectivity index (χ2n) is 5.05. The summed E-state index contributed by atoms with van der Waals surface area (Å²) in [6.45, 7) is 0.287. The van der Waals surface area contributed by atoms with Crippen LogP contribution in [0.2, 0.25) is 0 Å². The molecule has 6 heteroatoms. The Morgan fingerprint density at radius 2 is 1.83 bits per heavy atom. The number of ether oxygens (including phenoxy) is 2. The maximum Gasteiger partial charge on any atom is 0.262 e. The van der Waals surface area contributed by atoms with Crippen LogP contribution in [0.1, 0.15) is 16.8 Å². The molecule has 0 unspecified atom stereocenters. The average Bonchev–Trinajstić information content (AvgIpc) is 3.04. The Morgan fingerprint density at radius 3 is 2.57 bits per heavy atom. The predicted octanol–water partition coefficient (Wildman–Crippen LogP) is 1.94. The number of hydrogen-bond donors (Lipinski definition) is 1. The second-order valence-corrected chi connectivity index (χ2v) is 5.05. The summed E-state index contributed by atoms with van der Waals surface area (Å²) < 4.78 is 10.7. The Hall–Kier alpha value is -3.02. The fraction of sp³-hybridized carbons (Fsp3) is 0.176. The molecule has 23 heavy (non-hydrogen) atoms. The summed E-state index contributed by atoms with van der Waals surface area (Å²) in [5.74, 6) is 0.243. The van der Waals surface area contributed by atoms with Crippen LogP contribution in [0.15, 0.2) is 48.5 Å². The summed E-state index contributed by atoms with van der Waals surface area (Å²) in [6.07, 6.45) is 0.0764. The van der Waals surface area contributed by atoms with Gasteiger partial charge in [0.25, 0.3) is 5.91 Å². The minimum atomic E-state index is -0.461. The second kappa shape index (κ2) is 6.39. The maximum absolute atomic E-state index is 13.0. The number of primary amides is 1. The van der Waals surface area contributed by atoms with Crippen LogP contribution >= 0.6 is 0 Å². The molecule has 0 bridgehead atoms. The molecule has 0 radical (unpaired) electrons. The van der Waals surface area contributed by atoms with Crippen molar-refractivity contribution in [2.45, 2.75) is 6.42 Å². The molecule has 0 atom stereocenters. The van der Waals surface area contributed by atoms with Crippen molar-refractivity contribution in [1.82, 2.24) is 0 Å². The zero-order valence-corrected chi connectivity index (χ0v) is 12.4. The van der Waals surface area contributed by atoms with Crippen LogP contribution in [-0.4, -0.2) is 25.2 Å². The predicted molar refractivity (Wildman–Crippen MR) is 84.5 cm³/mol. The van der Waals surface area contributed by atoms with Gasteiger partial charge in [0, 0.05) is 18.7 Å². The van der Waals surface area contributed by atoms with Gasteiger partial charge in [-0.3, -0.25) is 9.59 Å². The minimum absolute atomic E-state index is 0.0764.